The Kier molecular flexibility index (Phi) is 5.11. The van der Waals surface area contributed by atoms with Crippen LogP contribution in [0.2, 0.25) is 0 Å². The molecule has 1 amide bonds. The third-order valence-corrected chi connectivity index (χ3v) is 3.93. The van der Waals surface area contributed by atoms with E-state index in [9.17, 15) is 13.6 Å². The number of halogens is 3. The Morgan fingerprint density at radius 1 is 1.19 bits per heavy atom. The van der Waals surface area contributed by atoms with Crippen LogP contribution in [-0.2, 0) is 0 Å². The van der Waals surface area contributed by atoms with Crippen molar-refractivity contribution in [2.24, 2.45) is 0 Å². The van der Waals surface area contributed by atoms with E-state index in [1.165, 1.54) is 24.3 Å². The number of ether oxygens (including phenoxy) is 1. The minimum absolute atomic E-state index is 0.0198. The molecular weight excluding hydrogens is 391 g/mol. The molecule has 0 aliphatic carbocycles. The number of rotatable bonds is 4. The van der Waals surface area contributed by atoms with E-state index < -0.39 is 6.61 Å². The number of aryl methyl sites for hydroxylation is 1. The molecule has 1 N–H and O–H groups in total. The molecule has 0 aromatic heterocycles. The van der Waals surface area contributed by atoms with E-state index in [0.29, 0.717) is 11.3 Å². The summed E-state index contributed by atoms with van der Waals surface area (Å²) in [4.78, 5) is 12.0. The van der Waals surface area contributed by atoms with Crippen molar-refractivity contribution in [2.75, 3.05) is 5.32 Å². The van der Waals surface area contributed by atoms with Gasteiger partial charge in [0, 0.05) is 14.8 Å². The summed E-state index contributed by atoms with van der Waals surface area (Å²) in [5, 5.41) is 2.75. The molecule has 0 saturated carbocycles. The molecule has 0 aliphatic rings. The van der Waals surface area contributed by atoms with Gasteiger partial charge in [-0.05, 0) is 71.5 Å². The van der Waals surface area contributed by atoms with Crippen molar-refractivity contribution in [2.45, 2.75) is 13.5 Å². The average Bonchev–Trinajstić information content (AvgIpc) is 2.43. The summed E-state index contributed by atoms with van der Waals surface area (Å²) in [6.45, 7) is -0.894. The second-order valence-corrected chi connectivity index (χ2v) is 5.48. The number of hydrogen-bond acceptors (Lipinski definition) is 2. The largest absolute Gasteiger partial charge is 0.435 e. The molecule has 3 nitrogen and oxygen atoms in total. The monoisotopic (exact) mass is 403 g/mol. The van der Waals surface area contributed by atoms with Gasteiger partial charge in [0.2, 0.25) is 0 Å². The van der Waals surface area contributed by atoms with Gasteiger partial charge < -0.3 is 10.1 Å². The summed E-state index contributed by atoms with van der Waals surface area (Å²) in [6.07, 6.45) is 0. The van der Waals surface area contributed by atoms with Crippen LogP contribution in [0, 0.1) is 10.5 Å². The summed E-state index contributed by atoms with van der Waals surface area (Å²) in [6, 6.07) is 11.1. The zero-order valence-electron chi connectivity index (χ0n) is 11.1. The van der Waals surface area contributed by atoms with Crippen molar-refractivity contribution in [3.05, 3.63) is 57.2 Å². The summed E-state index contributed by atoms with van der Waals surface area (Å²) >= 11 is 2.19. The van der Waals surface area contributed by atoms with E-state index in [1.807, 2.05) is 25.1 Å². The standard InChI is InChI=1S/C15H12F2INO2/c1-9-2-5-11(8-13(9)18)19-14(20)10-3-6-12(7-4-10)21-15(16)17/h2-8,15H,1H3,(H,19,20). The topological polar surface area (TPSA) is 38.3 Å². The maximum Gasteiger partial charge on any atom is 0.387 e. The maximum atomic E-state index is 12.0. The fourth-order valence-corrected chi connectivity index (χ4v) is 2.18. The molecule has 2 aromatic rings. The molecule has 110 valence electrons. The minimum Gasteiger partial charge on any atom is -0.435 e. The van der Waals surface area contributed by atoms with E-state index in [4.69, 9.17) is 0 Å². The molecule has 0 unspecified atom stereocenters. The van der Waals surface area contributed by atoms with Crippen molar-refractivity contribution in [3.63, 3.8) is 0 Å². The molecule has 2 rings (SSSR count). The lowest BCUT2D eigenvalue weighted by molar-refractivity contribution is -0.0498. The van der Waals surface area contributed by atoms with Gasteiger partial charge >= 0.3 is 6.61 Å². The minimum atomic E-state index is -2.88. The first kappa shape index (κ1) is 15.7. The van der Waals surface area contributed by atoms with Crippen LogP contribution < -0.4 is 10.1 Å². The molecule has 0 radical (unpaired) electrons. The van der Waals surface area contributed by atoms with Gasteiger partial charge in [-0.1, -0.05) is 6.07 Å². The van der Waals surface area contributed by atoms with Crippen molar-refractivity contribution < 1.29 is 18.3 Å². The zero-order valence-corrected chi connectivity index (χ0v) is 13.2. The first-order chi connectivity index (χ1) is 9.95. The Bertz CT molecular complexity index is 645. The Hall–Kier alpha value is -1.70. The molecule has 0 atom stereocenters. The number of amides is 1. The van der Waals surface area contributed by atoms with E-state index in [1.54, 1.807) is 0 Å². The number of carbonyl (C=O) groups excluding carboxylic acids is 1. The Balaban J connectivity index is 2.07. The third kappa shape index (κ3) is 4.38. The Labute approximate surface area is 134 Å². The van der Waals surface area contributed by atoms with Gasteiger partial charge in [0.05, 0.1) is 0 Å². The van der Waals surface area contributed by atoms with Gasteiger partial charge in [-0.15, -0.1) is 0 Å². The van der Waals surface area contributed by atoms with Crippen LogP contribution in [0.1, 0.15) is 15.9 Å². The summed E-state index contributed by atoms with van der Waals surface area (Å²) in [5.74, 6) is -0.287. The maximum absolute atomic E-state index is 12.0. The van der Waals surface area contributed by atoms with Crippen molar-refractivity contribution in [1.29, 1.82) is 0 Å². The number of alkyl halides is 2. The SMILES string of the molecule is Cc1ccc(NC(=O)c2ccc(OC(F)F)cc2)cc1I. The van der Waals surface area contributed by atoms with E-state index >= 15 is 0 Å². The highest BCUT2D eigenvalue weighted by atomic mass is 127. The summed E-state index contributed by atoms with van der Waals surface area (Å²) in [7, 11) is 0. The summed E-state index contributed by atoms with van der Waals surface area (Å²) in [5.41, 5.74) is 2.18. The van der Waals surface area contributed by atoms with Crippen molar-refractivity contribution >= 4 is 34.2 Å². The second kappa shape index (κ2) is 6.84. The lowest BCUT2D eigenvalue weighted by Gasteiger charge is -2.08. The van der Waals surface area contributed by atoms with Crippen LogP contribution in [0.5, 0.6) is 5.75 Å². The fraction of sp³-hybridized carbons (Fsp3) is 0.133. The van der Waals surface area contributed by atoms with Gasteiger partial charge in [0.1, 0.15) is 5.75 Å². The predicted molar refractivity (Wildman–Crippen MR) is 84.9 cm³/mol. The molecule has 0 saturated heterocycles. The van der Waals surface area contributed by atoms with E-state index in [2.05, 4.69) is 32.6 Å². The van der Waals surface area contributed by atoms with Crippen LogP contribution in [0.3, 0.4) is 0 Å². The van der Waals surface area contributed by atoms with Crippen LogP contribution in [0.4, 0.5) is 14.5 Å². The van der Waals surface area contributed by atoms with Crippen LogP contribution >= 0.6 is 22.6 Å². The molecular formula is C15H12F2INO2. The quantitative estimate of drug-likeness (QED) is 0.767. The number of carbonyl (C=O) groups is 1. The van der Waals surface area contributed by atoms with Crippen LogP contribution in [-0.4, -0.2) is 12.5 Å². The molecule has 0 aliphatic heterocycles. The van der Waals surface area contributed by atoms with Crippen LogP contribution in [0.25, 0.3) is 0 Å². The Morgan fingerprint density at radius 2 is 1.86 bits per heavy atom. The van der Waals surface area contributed by atoms with Gasteiger partial charge in [-0.3, -0.25) is 4.79 Å². The van der Waals surface area contributed by atoms with Gasteiger partial charge in [-0.25, -0.2) is 0 Å². The first-order valence-corrected chi connectivity index (χ1v) is 7.16. The molecule has 6 heteroatoms. The third-order valence-electron chi connectivity index (χ3n) is 2.77. The average molecular weight is 403 g/mol. The first-order valence-electron chi connectivity index (χ1n) is 6.08. The molecule has 21 heavy (non-hydrogen) atoms. The lowest BCUT2D eigenvalue weighted by Crippen LogP contribution is -2.12. The highest BCUT2D eigenvalue weighted by Crippen LogP contribution is 2.19. The highest BCUT2D eigenvalue weighted by molar-refractivity contribution is 14.1. The molecule has 0 fully saturated rings. The summed E-state index contributed by atoms with van der Waals surface area (Å²) < 4.78 is 29.3. The van der Waals surface area contributed by atoms with Gasteiger partial charge in [0.15, 0.2) is 0 Å². The number of hydrogen-bond donors (Lipinski definition) is 1. The van der Waals surface area contributed by atoms with Gasteiger partial charge in [0.25, 0.3) is 5.91 Å². The van der Waals surface area contributed by atoms with Gasteiger partial charge in [-0.2, -0.15) is 8.78 Å². The fourth-order valence-electron chi connectivity index (χ4n) is 1.66. The number of anilines is 1. The number of benzene rings is 2. The number of nitrogens with one attached hydrogen (secondary N) is 1. The normalized spacial score (nSPS) is 10.5. The predicted octanol–water partition coefficient (Wildman–Crippen LogP) is 4.45. The zero-order chi connectivity index (χ0) is 15.4. The van der Waals surface area contributed by atoms with Crippen molar-refractivity contribution in [3.8, 4) is 5.75 Å². The van der Waals surface area contributed by atoms with E-state index in [0.717, 1.165) is 9.13 Å². The Morgan fingerprint density at radius 3 is 2.43 bits per heavy atom. The molecule has 2 aromatic carbocycles. The van der Waals surface area contributed by atoms with E-state index in [-0.39, 0.29) is 11.7 Å². The van der Waals surface area contributed by atoms with Crippen LogP contribution in [0.15, 0.2) is 42.5 Å². The van der Waals surface area contributed by atoms with Crippen molar-refractivity contribution in [1.82, 2.24) is 0 Å². The highest BCUT2D eigenvalue weighted by Gasteiger charge is 2.09. The molecule has 0 heterocycles. The lowest BCUT2D eigenvalue weighted by atomic mass is 10.2. The molecule has 0 bridgehead atoms. The molecule has 0 spiro atoms. The smallest absolute Gasteiger partial charge is 0.387 e. The second-order valence-electron chi connectivity index (χ2n) is 4.32.